The number of benzene rings is 1. The first-order chi connectivity index (χ1) is 16.0. The zero-order valence-electron chi connectivity index (χ0n) is 19.7. The molecule has 1 aliphatic heterocycles. The van der Waals surface area contributed by atoms with Gasteiger partial charge in [-0.05, 0) is 12.1 Å². The zero-order chi connectivity index (χ0) is 25.4. The Bertz CT molecular complexity index is 930. The molecule has 1 aromatic rings. The third-order valence-corrected chi connectivity index (χ3v) is 4.82. The molecule has 1 amide bonds. The van der Waals surface area contributed by atoms with Gasteiger partial charge in [0, 0.05) is 34.1 Å². The summed E-state index contributed by atoms with van der Waals surface area (Å²) < 4.78 is 27.8. The lowest BCUT2D eigenvalue weighted by Gasteiger charge is -2.44. The summed E-state index contributed by atoms with van der Waals surface area (Å²) in [5, 5.41) is 2.61. The molecule has 1 aliphatic rings. The monoisotopic (exact) mass is 479 g/mol. The van der Waals surface area contributed by atoms with E-state index in [9.17, 15) is 24.0 Å². The average Bonchev–Trinajstić information content (AvgIpc) is 2.75. The van der Waals surface area contributed by atoms with Crippen molar-refractivity contribution in [2.45, 2.75) is 71.7 Å². The molecule has 5 unspecified atom stereocenters. The van der Waals surface area contributed by atoms with Crippen LogP contribution in [0.15, 0.2) is 24.3 Å². The number of Topliss-reactive ketones (excluding diaryl/α,β-unsaturated/α-hetero) is 1. The highest BCUT2D eigenvalue weighted by Gasteiger charge is 2.52. The van der Waals surface area contributed by atoms with Crippen molar-refractivity contribution in [1.29, 1.82) is 0 Å². The highest BCUT2D eigenvalue weighted by molar-refractivity contribution is 5.98. The third kappa shape index (κ3) is 7.27. The van der Waals surface area contributed by atoms with E-state index in [1.165, 1.54) is 13.8 Å². The standard InChI is InChI=1S/C23H29NO10/c1-6-17(29)16-9-7-8-10-18(16)33-23-20(24-12(2)25)22(32-15(5)28)21(31-14(4)27)19(34-23)11-30-13(3)26/h7-10,19-23H,6,11H2,1-5H3,(H,24,25). The molecule has 2 rings (SSSR count). The van der Waals surface area contributed by atoms with Gasteiger partial charge in [-0.15, -0.1) is 0 Å². The average molecular weight is 479 g/mol. The number of para-hydroxylation sites is 1. The van der Waals surface area contributed by atoms with E-state index in [1.54, 1.807) is 31.2 Å². The quantitative estimate of drug-likeness (QED) is 0.313. The second kappa shape index (κ2) is 12.1. The molecule has 1 N–H and O–H groups in total. The van der Waals surface area contributed by atoms with Gasteiger partial charge in [-0.1, -0.05) is 19.1 Å². The molecule has 0 aromatic heterocycles. The first-order valence-electron chi connectivity index (χ1n) is 10.7. The van der Waals surface area contributed by atoms with Gasteiger partial charge in [0.1, 0.15) is 24.5 Å². The minimum absolute atomic E-state index is 0.174. The topological polar surface area (TPSA) is 144 Å². The number of carbonyl (C=O) groups is 5. The molecule has 11 nitrogen and oxygen atoms in total. The largest absolute Gasteiger partial charge is 0.463 e. The van der Waals surface area contributed by atoms with Crippen molar-refractivity contribution in [2.75, 3.05) is 6.61 Å². The molecular formula is C23H29NO10. The molecule has 0 radical (unpaired) electrons. The van der Waals surface area contributed by atoms with Crippen molar-refractivity contribution in [1.82, 2.24) is 5.32 Å². The number of nitrogens with one attached hydrogen (secondary N) is 1. The number of hydrogen-bond acceptors (Lipinski definition) is 10. The molecule has 34 heavy (non-hydrogen) atoms. The minimum atomic E-state index is -1.30. The lowest BCUT2D eigenvalue weighted by Crippen LogP contribution is -2.67. The lowest BCUT2D eigenvalue weighted by molar-refractivity contribution is -0.257. The fraction of sp³-hybridized carbons (Fsp3) is 0.522. The Morgan fingerprint density at radius 1 is 0.912 bits per heavy atom. The first kappa shape index (κ1) is 26.8. The van der Waals surface area contributed by atoms with Crippen molar-refractivity contribution >= 4 is 29.6 Å². The van der Waals surface area contributed by atoms with Crippen LogP contribution in [0.1, 0.15) is 51.4 Å². The van der Waals surface area contributed by atoms with Crippen molar-refractivity contribution in [3.8, 4) is 5.75 Å². The summed E-state index contributed by atoms with van der Waals surface area (Å²) in [6, 6.07) is 5.32. The van der Waals surface area contributed by atoms with Crippen molar-refractivity contribution in [3.63, 3.8) is 0 Å². The van der Waals surface area contributed by atoms with Crippen molar-refractivity contribution in [2.24, 2.45) is 0 Å². The van der Waals surface area contributed by atoms with E-state index in [0.717, 1.165) is 13.8 Å². The van der Waals surface area contributed by atoms with Crippen LogP contribution in [-0.4, -0.2) is 66.8 Å². The van der Waals surface area contributed by atoms with Gasteiger partial charge < -0.3 is 29.0 Å². The Kier molecular flexibility index (Phi) is 9.55. The summed E-state index contributed by atoms with van der Waals surface area (Å²) >= 11 is 0. The molecule has 1 heterocycles. The van der Waals surface area contributed by atoms with Crippen LogP contribution in [-0.2, 0) is 38.1 Å². The van der Waals surface area contributed by atoms with Gasteiger partial charge >= 0.3 is 17.9 Å². The number of rotatable bonds is 9. The number of ether oxygens (including phenoxy) is 5. The van der Waals surface area contributed by atoms with Gasteiger partial charge in [0.25, 0.3) is 0 Å². The number of ketones is 1. The van der Waals surface area contributed by atoms with Crippen LogP contribution in [0, 0.1) is 0 Å². The van der Waals surface area contributed by atoms with E-state index >= 15 is 0 Å². The van der Waals surface area contributed by atoms with Crippen LogP contribution < -0.4 is 10.1 Å². The van der Waals surface area contributed by atoms with Gasteiger partial charge in [-0.3, -0.25) is 24.0 Å². The second-order valence-electron chi connectivity index (χ2n) is 7.61. The van der Waals surface area contributed by atoms with Gasteiger partial charge in [0.05, 0.1) is 5.56 Å². The van der Waals surface area contributed by atoms with Crippen molar-refractivity contribution in [3.05, 3.63) is 29.8 Å². The molecule has 0 saturated carbocycles. The fourth-order valence-electron chi connectivity index (χ4n) is 3.51. The van der Waals surface area contributed by atoms with Gasteiger partial charge in [0.15, 0.2) is 18.0 Å². The summed E-state index contributed by atoms with van der Waals surface area (Å²) in [5.74, 6) is -2.56. The van der Waals surface area contributed by atoms with E-state index < -0.39 is 54.5 Å². The normalized spacial score (nSPS) is 23.9. The number of amides is 1. The second-order valence-corrected chi connectivity index (χ2v) is 7.61. The molecule has 11 heteroatoms. The molecular weight excluding hydrogens is 450 g/mol. The zero-order valence-corrected chi connectivity index (χ0v) is 19.7. The van der Waals surface area contributed by atoms with Crippen LogP contribution in [0.5, 0.6) is 5.75 Å². The van der Waals surface area contributed by atoms with Crippen LogP contribution >= 0.6 is 0 Å². The predicted molar refractivity (Wildman–Crippen MR) is 116 cm³/mol. The summed E-state index contributed by atoms with van der Waals surface area (Å²) in [6.45, 7) is 6.07. The lowest BCUT2D eigenvalue weighted by atomic mass is 9.96. The number of esters is 3. The van der Waals surface area contributed by atoms with Gasteiger partial charge in [-0.2, -0.15) is 0 Å². The number of hydrogen-bond donors (Lipinski definition) is 1. The maximum absolute atomic E-state index is 12.4. The van der Waals surface area contributed by atoms with Crippen LogP contribution in [0.3, 0.4) is 0 Å². The highest BCUT2D eigenvalue weighted by atomic mass is 16.7. The van der Waals surface area contributed by atoms with E-state index in [4.69, 9.17) is 23.7 Å². The van der Waals surface area contributed by atoms with Crippen LogP contribution in [0.2, 0.25) is 0 Å². The maximum atomic E-state index is 12.4. The minimum Gasteiger partial charge on any atom is -0.463 e. The Hall–Kier alpha value is -3.47. The Balaban J connectivity index is 2.52. The van der Waals surface area contributed by atoms with E-state index in [-0.39, 0.29) is 30.1 Å². The molecule has 1 saturated heterocycles. The van der Waals surface area contributed by atoms with Crippen LogP contribution in [0.4, 0.5) is 0 Å². The Morgan fingerprint density at radius 3 is 2.09 bits per heavy atom. The molecule has 0 aliphatic carbocycles. The van der Waals surface area contributed by atoms with E-state index in [0.29, 0.717) is 0 Å². The smallest absolute Gasteiger partial charge is 0.303 e. The molecule has 1 fully saturated rings. The van der Waals surface area contributed by atoms with Crippen LogP contribution in [0.25, 0.3) is 0 Å². The van der Waals surface area contributed by atoms with Gasteiger partial charge in [0.2, 0.25) is 12.2 Å². The Labute approximate surface area is 197 Å². The summed E-state index contributed by atoms with van der Waals surface area (Å²) in [5.41, 5.74) is 0.290. The summed E-state index contributed by atoms with van der Waals surface area (Å²) in [7, 11) is 0. The molecule has 1 aromatic carbocycles. The molecule has 186 valence electrons. The van der Waals surface area contributed by atoms with Crippen molar-refractivity contribution < 1.29 is 47.7 Å². The van der Waals surface area contributed by atoms with Gasteiger partial charge in [-0.25, -0.2) is 0 Å². The van der Waals surface area contributed by atoms with E-state index in [1.807, 2.05) is 0 Å². The predicted octanol–water partition coefficient (Wildman–Crippen LogP) is 1.31. The molecule has 0 spiro atoms. The molecule has 5 atom stereocenters. The summed E-state index contributed by atoms with van der Waals surface area (Å²) in [4.78, 5) is 59.5. The highest BCUT2D eigenvalue weighted by Crippen LogP contribution is 2.30. The molecule has 0 bridgehead atoms. The summed E-state index contributed by atoms with van der Waals surface area (Å²) in [6.07, 6.45) is -4.67. The maximum Gasteiger partial charge on any atom is 0.303 e. The SMILES string of the molecule is CCC(=O)c1ccccc1OC1OC(COC(C)=O)C(OC(C)=O)C(OC(C)=O)C1NC(C)=O. The van der Waals surface area contributed by atoms with E-state index in [2.05, 4.69) is 5.32 Å². The number of carbonyl (C=O) groups excluding carboxylic acids is 5. The fourth-order valence-corrected chi connectivity index (χ4v) is 3.51. The Morgan fingerprint density at radius 2 is 1.53 bits per heavy atom. The third-order valence-electron chi connectivity index (χ3n) is 4.82. The first-order valence-corrected chi connectivity index (χ1v) is 10.7.